The number of rotatable bonds is 3. The van der Waals surface area contributed by atoms with Gasteiger partial charge in [-0.15, -0.1) is 0 Å². The highest BCUT2D eigenvalue weighted by Gasteiger charge is 2.42. The van der Waals surface area contributed by atoms with Crippen LogP contribution >= 0.6 is 34.2 Å². The second-order valence-electron chi connectivity index (χ2n) is 2.14. The molecule has 0 aromatic carbocycles. The Labute approximate surface area is 85.2 Å². The molecule has 0 fully saturated rings. The predicted molar refractivity (Wildman–Crippen MR) is 53.7 cm³/mol. The van der Waals surface area contributed by atoms with E-state index in [1.165, 1.54) is 36.4 Å². The van der Waals surface area contributed by atoms with Crippen LogP contribution < -0.4 is 0 Å². The van der Waals surface area contributed by atoms with Crippen molar-refractivity contribution in [3.8, 4) is 0 Å². The number of hydrogen-bond donors (Lipinski definition) is 1. The Balaban J connectivity index is 4.85. The van der Waals surface area contributed by atoms with Crippen molar-refractivity contribution in [3.05, 3.63) is 0 Å². The Bertz CT molecular complexity index is 222. The Morgan fingerprint density at radius 1 is 1.73 bits per heavy atom. The zero-order valence-corrected chi connectivity index (χ0v) is 9.94. The van der Waals surface area contributed by atoms with Gasteiger partial charge in [-0.25, -0.2) is 8.42 Å². The van der Waals surface area contributed by atoms with Gasteiger partial charge in [0, 0.05) is 0 Å². The SMILES string of the molecule is CCS(=O)(=O)C(Cl)(I)C(C)O. The van der Waals surface area contributed by atoms with Gasteiger partial charge in [-0.1, -0.05) is 18.5 Å². The molecule has 2 atom stereocenters. The van der Waals surface area contributed by atoms with E-state index in [-0.39, 0.29) is 5.75 Å². The van der Waals surface area contributed by atoms with Gasteiger partial charge in [-0.2, -0.15) is 0 Å². The third kappa shape index (κ3) is 2.43. The summed E-state index contributed by atoms with van der Waals surface area (Å²) in [6.07, 6.45) is -1.07. The fourth-order valence-electron chi connectivity index (χ4n) is 0.452. The molecular formula is C5H10ClIO3S. The lowest BCUT2D eigenvalue weighted by Gasteiger charge is -2.22. The summed E-state index contributed by atoms with van der Waals surface area (Å²) in [6.45, 7) is 2.85. The molecule has 68 valence electrons. The van der Waals surface area contributed by atoms with Crippen molar-refractivity contribution in [2.24, 2.45) is 0 Å². The van der Waals surface area contributed by atoms with Gasteiger partial charge in [0.1, 0.15) is 0 Å². The first-order valence-electron chi connectivity index (χ1n) is 3.04. The smallest absolute Gasteiger partial charge is 0.220 e. The van der Waals surface area contributed by atoms with Crippen LogP contribution in [0.4, 0.5) is 0 Å². The average molecular weight is 313 g/mol. The summed E-state index contributed by atoms with van der Waals surface area (Å²) in [5.74, 6) is -0.0651. The number of sulfone groups is 1. The van der Waals surface area contributed by atoms with E-state index in [0.717, 1.165) is 0 Å². The molecule has 3 nitrogen and oxygen atoms in total. The second kappa shape index (κ2) is 3.76. The van der Waals surface area contributed by atoms with Crippen LogP contribution in [0.15, 0.2) is 0 Å². The van der Waals surface area contributed by atoms with Crippen LogP contribution in [0.1, 0.15) is 13.8 Å². The molecule has 0 aromatic rings. The van der Waals surface area contributed by atoms with E-state index in [1.807, 2.05) is 0 Å². The molecule has 0 aliphatic carbocycles. The van der Waals surface area contributed by atoms with Gasteiger partial charge < -0.3 is 5.11 Å². The monoisotopic (exact) mass is 312 g/mol. The lowest BCUT2D eigenvalue weighted by molar-refractivity contribution is 0.204. The lowest BCUT2D eigenvalue weighted by Crippen LogP contribution is -2.37. The largest absolute Gasteiger partial charge is 0.390 e. The minimum atomic E-state index is -3.39. The molecule has 0 aliphatic rings. The number of halogens is 2. The van der Waals surface area contributed by atoms with Crippen molar-refractivity contribution in [2.45, 2.75) is 22.2 Å². The minimum Gasteiger partial charge on any atom is -0.390 e. The van der Waals surface area contributed by atoms with Crippen LogP contribution in [0.3, 0.4) is 0 Å². The summed E-state index contributed by atoms with van der Waals surface area (Å²) >= 11 is 7.15. The molecule has 0 amide bonds. The normalized spacial score (nSPS) is 20.8. The molecule has 1 N–H and O–H groups in total. The average Bonchev–Trinajstić information content (AvgIpc) is 1.87. The molecule has 0 heterocycles. The van der Waals surface area contributed by atoms with E-state index in [0.29, 0.717) is 0 Å². The van der Waals surface area contributed by atoms with Crippen molar-refractivity contribution < 1.29 is 13.5 Å². The van der Waals surface area contributed by atoms with Crippen LogP contribution in [0.5, 0.6) is 0 Å². The standard InChI is InChI=1S/C5H10ClIO3S/c1-3-11(9,10)5(6,7)4(2)8/h4,8H,3H2,1-2H3. The van der Waals surface area contributed by atoms with E-state index in [9.17, 15) is 8.42 Å². The van der Waals surface area contributed by atoms with Crippen molar-refractivity contribution in [1.29, 1.82) is 0 Å². The highest BCUT2D eigenvalue weighted by molar-refractivity contribution is 14.1. The van der Waals surface area contributed by atoms with E-state index in [1.54, 1.807) is 0 Å². The van der Waals surface area contributed by atoms with Gasteiger partial charge in [-0.05, 0) is 29.5 Å². The first-order chi connectivity index (χ1) is 4.75. The maximum absolute atomic E-state index is 11.2. The Morgan fingerprint density at radius 3 is 2.18 bits per heavy atom. The van der Waals surface area contributed by atoms with Crippen LogP contribution in [0.2, 0.25) is 0 Å². The quantitative estimate of drug-likeness (QED) is 0.628. The molecule has 0 spiro atoms. The fraction of sp³-hybridized carbons (Fsp3) is 1.00. The second-order valence-corrected chi connectivity index (χ2v) is 8.48. The molecule has 0 aliphatic heterocycles. The van der Waals surface area contributed by atoms with E-state index in [4.69, 9.17) is 16.7 Å². The predicted octanol–water partition coefficient (Wildman–Crippen LogP) is 1.13. The van der Waals surface area contributed by atoms with Gasteiger partial charge in [0.2, 0.25) is 2.21 Å². The third-order valence-corrected chi connectivity index (χ3v) is 7.15. The molecule has 0 aromatic heterocycles. The van der Waals surface area contributed by atoms with E-state index in [2.05, 4.69) is 0 Å². The van der Waals surface area contributed by atoms with Crippen LogP contribution in [-0.4, -0.2) is 27.6 Å². The van der Waals surface area contributed by atoms with Crippen molar-refractivity contribution >= 4 is 44.0 Å². The maximum Gasteiger partial charge on any atom is 0.220 e. The molecule has 0 saturated carbocycles. The molecule has 2 unspecified atom stereocenters. The number of hydrogen-bond acceptors (Lipinski definition) is 3. The molecular weight excluding hydrogens is 302 g/mol. The Morgan fingerprint density at radius 2 is 2.09 bits per heavy atom. The number of aliphatic hydroxyl groups excluding tert-OH is 1. The first kappa shape index (κ1) is 11.9. The molecule has 6 heteroatoms. The molecule has 11 heavy (non-hydrogen) atoms. The summed E-state index contributed by atoms with van der Waals surface area (Å²) in [5.41, 5.74) is 0. The molecule has 0 radical (unpaired) electrons. The summed E-state index contributed by atoms with van der Waals surface area (Å²) < 4.78 is 20.7. The zero-order chi connectivity index (χ0) is 9.28. The summed E-state index contributed by atoms with van der Waals surface area (Å²) in [5, 5.41) is 9.03. The minimum absolute atomic E-state index is 0.0651. The number of alkyl halides is 2. The van der Waals surface area contributed by atoms with Crippen LogP contribution in [0.25, 0.3) is 0 Å². The summed E-state index contributed by atoms with van der Waals surface area (Å²) in [7, 11) is -3.39. The zero-order valence-electron chi connectivity index (χ0n) is 6.21. The van der Waals surface area contributed by atoms with Crippen molar-refractivity contribution in [1.82, 2.24) is 0 Å². The maximum atomic E-state index is 11.2. The molecule has 0 bridgehead atoms. The van der Waals surface area contributed by atoms with E-state index < -0.39 is 18.2 Å². The van der Waals surface area contributed by atoms with Gasteiger partial charge in [0.15, 0.2) is 9.84 Å². The number of aliphatic hydroxyl groups is 1. The highest BCUT2D eigenvalue weighted by atomic mass is 127. The van der Waals surface area contributed by atoms with Gasteiger partial charge in [0.25, 0.3) is 0 Å². The van der Waals surface area contributed by atoms with Crippen molar-refractivity contribution in [2.75, 3.05) is 5.75 Å². The van der Waals surface area contributed by atoms with E-state index >= 15 is 0 Å². The summed E-state index contributed by atoms with van der Waals surface area (Å²) in [4.78, 5) is 0. The first-order valence-corrected chi connectivity index (χ1v) is 6.14. The van der Waals surface area contributed by atoms with Crippen molar-refractivity contribution in [3.63, 3.8) is 0 Å². The Hall–Kier alpha value is 0.930. The molecule has 0 rings (SSSR count). The van der Waals surface area contributed by atoms with Gasteiger partial charge in [0.05, 0.1) is 11.9 Å². The van der Waals surface area contributed by atoms with Gasteiger partial charge >= 0.3 is 0 Å². The van der Waals surface area contributed by atoms with Crippen LogP contribution in [-0.2, 0) is 9.84 Å². The topological polar surface area (TPSA) is 54.4 Å². The summed E-state index contributed by atoms with van der Waals surface area (Å²) in [6, 6.07) is 0. The van der Waals surface area contributed by atoms with Crippen LogP contribution in [0, 0.1) is 0 Å². The highest BCUT2D eigenvalue weighted by Crippen LogP contribution is 2.35. The third-order valence-electron chi connectivity index (χ3n) is 1.28. The Kier molecular flexibility index (Phi) is 4.08. The van der Waals surface area contributed by atoms with Gasteiger partial charge in [-0.3, -0.25) is 0 Å². The fourth-order valence-corrected chi connectivity index (χ4v) is 2.62. The lowest BCUT2D eigenvalue weighted by atomic mass is 10.5. The molecule has 0 saturated heterocycles.